The summed E-state index contributed by atoms with van der Waals surface area (Å²) in [6.07, 6.45) is -7.86. The number of benzene rings is 2. The summed E-state index contributed by atoms with van der Waals surface area (Å²) in [5, 5.41) is 3.82. The fraction of sp³-hybridized carbons (Fsp3) is 0.321. The molecule has 0 unspecified atom stereocenters. The van der Waals surface area contributed by atoms with Crippen molar-refractivity contribution in [2.75, 3.05) is 13.1 Å². The van der Waals surface area contributed by atoms with Gasteiger partial charge in [-0.2, -0.15) is 37.7 Å². The van der Waals surface area contributed by atoms with E-state index in [0.29, 0.717) is 31.6 Å². The molecule has 2 heterocycles. The molecule has 1 aliphatic heterocycles. The van der Waals surface area contributed by atoms with Crippen molar-refractivity contribution in [3.05, 3.63) is 99.3 Å². The summed E-state index contributed by atoms with van der Waals surface area (Å²) in [6.45, 7) is 2.08. The zero-order valence-electron chi connectivity index (χ0n) is 20.3. The first kappa shape index (κ1) is 27.9. The molecule has 1 aliphatic rings. The van der Waals surface area contributed by atoms with Crippen molar-refractivity contribution in [2.45, 2.75) is 43.8 Å². The molecule has 0 radical (unpaired) electrons. The number of rotatable bonds is 6. The summed E-state index contributed by atoms with van der Waals surface area (Å²) < 4.78 is 86.3. The molecule has 2 aromatic carbocycles. The Morgan fingerprint density at radius 1 is 1.03 bits per heavy atom. The number of carbonyl (C=O) groups excluding carboxylic acids is 1. The van der Waals surface area contributed by atoms with Gasteiger partial charge in [0.15, 0.2) is 0 Å². The van der Waals surface area contributed by atoms with Crippen molar-refractivity contribution in [3.8, 4) is 0 Å². The van der Waals surface area contributed by atoms with Gasteiger partial charge < -0.3 is 9.64 Å². The van der Waals surface area contributed by atoms with E-state index in [1.165, 1.54) is 24.3 Å². The Morgan fingerprint density at radius 2 is 1.68 bits per heavy atom. The lowest BCUT2D eigenvalue weighted by molar-refractivity contribution is -0.143. The lowest BCUT2D eigenvalue weighted by Crippen LogP contribution is -2.45. The number of nitrogens with zero attached hydrogens (tertiary/aromatic N) is 1. The predicted octanol–water partition coefficient (Wildman–Crippen LogP) is 7.96. The number of piperidine rings is 1. The third kappa shape index (κ3) is 6.85. The van der Waals surface area contributed by atoms with Crippen LogP contribution in [-0.2, 0) is 21.9 Å². The number of ether oxygens (including phenoxy) is 1. The second-order valence-corrected chi connectivity index (χ2v) is 9.92. The van der Waals surface area contributed by atoms with Gasteiger partial charge in [-0.1, -0.05) is 30.3 Å². The van der Waals surface area contributed by atoms with Gasteiger partial charge in [0.25, 0.3) is 0 Å². The highest BCUT2D eigenvalue weighted by Gasteiger charge is 2.38. The molecule has 1 saturated heterocycles. The van der Waals surface area contributed by atoms with Crippen molar-refractivity contribution in [2.24, 2.45) is 0 Å². The van der Waals surface area contributed by atoms with E-state index in [0.717, 1.165) is 11.1 Å². The number of thiophene rings is 1. The van der Waals surface area contributed by atoms with Gasteiger partial charge in [0, 0.05) is 25.1 Å². The molecule has 0 bridgehead atoms. The van der Waals surface area contributed by atoms with Crippen LogP contribution in [-0.4, -0.2) is 30.0 Å². The molecule has 3 atom stereocenters. The molecule has 0 N–H and O–H groups in total. The minimum Gasteiger partial charge on any atom is -0.370 e. The van der Waals surface area contributed by atoms with Crippen LogP contribution in [0.25, 0.3) is 6.08 Å². The highest BCUT2D eigenvalue weighted by molar-refractivity contribution is 7.08. The number of hydrogen-bond donors (Lipinski definition) is 0. The van der Waals surface area contributed by atoms with Crippen molar-refractivity contribution < 1.29 is 35.9 Å². The zero-order chi connectivity index (χ0) is 27.5. The van der Waals surface area contributed by atoms with Crippen molar-refractivity contribution in [3.63, 3.8) is 0 Å². The largest absolute Gasteiger partial charge is 0.416 e. The minimum atomic E-state index is -4.94. The summed E-state index contributed by atoms with van der Waals surface area (Å²) >= 11 is 1.52. The first-order chi connectivity index (χ1) is 17.9. The van der Waals surface area contributed by atoms with Gasteiger partial charge >= 0.3 is 12.4 Å². The molecule has 1 amide bonds. The van der Waals surface area contributed by atoms with Gasteiger partial charge in [0.05, 0.1) is 23.3 Å². The molecule has 0 aliphatic carbocycles. The lowest BCUT2D eigenvalue weighted by Gasteiger charge is -2.39. The summed E-state index contributed by atoms with van der Waals surface area (Å²) in [6, 6.07) is 12.6. The first-order valence-electron chi connectivity index (χ1n) is 11.9. The molecule has 0 saturated carbocycles. The quantitative estimate of drug-likeness (QED) is 0.229. The molecule has 3 nitrogen and oxygen atoms in total. The van der Waals surface area contributed by atoms with Crippen LogP contribution in [0.5, 0.6) is 0 Å². The molecular weight excluding hydrogens is 528 g/mol. The van der Waals surface area contributed by atoms with Crippen LogP contribution in [0.4, 0.5) is 26.3 Å². The van der Waals surface area contributed by atoms with E-state index in [1.54, 1.807) is 11.0 Å². The van der Waals surface area contributed by atoms with Crippen LogP contribution in [0.1, 0.15) is 53.2 Å². The Balaban J connectivity index is 1.57. The molecule has 0 spiro atoms. The fourth-order valence-corrected chi connectivity index (χ4v) is 5.14. The Labute approximate surface area is 220 Å². The van der Waals surface area contributed by atoms with E-state index in [-0.39, 0.29) is 23.5 Å². The van der Waals surface area contributed by atoms with Crippen LogP contribution in [0.2, 0.25) is 0 Å². The zero-order valence-corrected chi connectivity index (χ0v) is 21.1. The van der Waals surface area contributed by atoms with Gasteiger partial charge in [-0.3, -0.25) is 4.79 Å². The molecule has 3 aromatic rings. The second kappa shape index (κ2) is 11.3. The SMILES string of the molecule is C[C@@H](O[C@H]1CCN(C(=O)C=Cc2ccsc2)C[C@H]1c1ccccc1)c1cc(C(F)(F)F)cc(C(F)(F)F)c1. The Bertz CT molecular complexity index is 1220. The molecular formula is C28H25F6NO2S. The maximum Gasteiger partial charge on any atom is 0.416 e. The van der Waals surface area contributed by atoms with Gasteiger partial charge in [0.1, 0.15) is 0 Å². The van der Waals surface area contributed by atoms with Crippen molar-refractivity contribution >= 4 is 23.3 Å². The van der Waals surface area contributed by atoms with E-state index in [2.05, 4.69) is 0 Å². The first-order valence-corrected chi connectivity index (χ1v) is 12.8. The van der Waals surface area contributed by atoms with E-state index < -0.39 is 35.7 Å². The Morgan fingerprint density at radius 3 is 2.26 bits per heavy atom. The Hall–Kier alpha value is -3.11. The molecule has 1 fully saturated rings. The number of hydrogen-bond acceptors (Lipinski definition) is 3. The van der Waals surface area contributed by atoms with Crippen LogP contribution in [0.3, 0.4) is 0 Å². The molecule has 10 heteroatoms. The molecule has 38 heavy (non-hydrogen) atoms. The molecule has 202 valence electrons. The van der Waals surface area contributed by atoms with Crippen LogP contribution < -0.4 is 0 Å². The highest BCUT2D eigenvalue weighted by atomic mass is 32.1. The van der Waals surface area contributed by atoms with Crippen LogP contribution in [0.15, 0.2) is 71.4 Å². The van der Waals surface area contributed by atoms with E-state index >= 15 is 0 Å². The number of amides is 1. The van der Waals surface area contributed by atoms with Gasteiger partial charge in [-0.05, 0) is 71.1 Å². The van der Waals surface area contributed by atoms with Crippen molar-refractivity contribution in [1.29, 1.82) is 0 Å². The molecule has 1 aromatic heterocycles. The van der Waals surface area contributed by atoms with Gasteiger partial charge in [0.2, 0.25) is 5.91 Å². The minimum absolute atomic E-state index is 0.108. The lowest BCUT2D eigenvalue weighted by atomic mass is 9.87. The number of halogens is 6. The number of alkyl halides is 6. The van der Waals surface area contributed by atoms with Crippen molar-refractivity contribution in [1.82, 2.24) is 4.90 Å². The van der Waals surface area contributed by atoms with E-state index in [4.69, 9.17) is 4.74 Å². The monoisotopic (exact) mass is 553 g/mol. The smallest absolute Gasteiger partial charge is 0.370 e. The third-order valence-corrected chi connectivity index (χ3v) is 7.21. The van der Waals surface area contributed by atoms with E-state index in [9.17, 15) is 31.1 Å². The third-order valence-electron chi connectivity index (χ3n) is 6.51. The number of carbonyl (C=O) groups is 1. The van der Waals surface area contributed by atoms with Crippen LogP contribution in [0, 0.1) is 0 Å². The summed E-state index contributed by atoms with van der Waals surface area (Å²) in [5.41, 5.74) is -1.19. The average molecular weight is 554 g/mol. The van der Waals surface area contributed by atoms with Gasteiger partial charge in [-0.25, -0.2) is 0 Å². The van der Waals surface area contributed by atoms with E-state index in [1.807, 2.05) is 47.2 Å². The topological polar surface area (TPSA) is 29.5 Å². The maximum atomic E-state index is 13.4. The summed E-state index contributed by atoms with van der Waals surface area (Å²) in [5.74, 6) is -0.505. The van der Waals surface area contributed by atoms with Gasteiger partial charge in [-0.15, -0.1) is 0 Å². The number of likely N-dealkylation sites (tertiary alicyclic amines) is 1. The average Bonchev–Trinajstić information content (AvgIpc) is 3.40. The molecule has 4 rings (SSSR count). The summed E-state index contributed by atoms with van der Waals surface area (Å²) in [7, 11) is 0. The normalized spacial score (nSPS) is 19.6. The maximum absolute atomic E-state index is 13.4. The van der Waals surface area contributed by atoms with Crippen LogP contribution >= 0.6 is 11.3 Å². The Kier molecular flexibility index (Phi) is 8.32. The summed E-state index contributed by atoms with van der Waals surface area (Å²) in [4.78, 5) is 14.5. The predicted molar refractivity (Wildman–Crippen MR) is 133 cm³/mol. The highest BCUT2D eigenvalue weighted by Crippen LogP contribution is 2.39. The second-order valence-electron chi connectivity index (χ2n) is 9.14. The standard InChI is InChI=1S/C28H25F6NO2S/c1-18(21-13-22(27(29,30)31)15-23(14-21)28(32,33)34)37-25-9-11-35(16-24(25)20-5-3-2-4-6-20)26(36)8-7-19-10-12-38-17-19/h2-8,10,12-15,17-18,24-25H,9,11,16H2,1H3/t18-,24+,25+/m1/s1. The fourth-order valence-electron chi connectivity index (χ4n) is 4.51.